The highest BCUT2D eigenvalue weighted by Gasteiger charge is 2.33. The topological polar surface area (TPSA) is 32.3 Å². The molecule has 1 aliphatic carbocycles. The Morgan fingerprint density at radius 2 is 2.29 bits per heavy atom. The van der Waals surface area contributed by atoms with Gasteiger partial charge in [-0.25, -0.2) is 0 Å². The molecule has 2 atom stereocenters. The van der Waals surface area contributed by atoms with E-state index in [-0.39, 0.29) is 5.54 Å². The highest BCUT2D eigenvalue weighted by molar-refractivity contribution is 4.92. The summed E-state index contributed by atoms with van der Waals surface area (Å²) >= 11 is 0. The minimum Gasteiger partial charge on any atom is -0.396 e. The van der Waals surface area contributed by atoms with Crippen LogP contribution in [-0.4, -0.2) is 23.8 Å². The van der Waals surface area contributed by atoms with Crippen LogP contribution in [0.3, 0.4) is 0 Å². The van der Waals surface area contributed by atoms with Crippen molar-refractivity contribution < 1.29 is 5.11 Å². The number of aliphatic hydroxyl groups is 1. The molecule has 0 radical (unpaired) electrons. The van der Waals surface area contributed by atoms with Gasteiger partial charge in [-0.15, -0.1) is 0 Å². The van der Waals surface area contributed by atoms with Crippen molar-refractivity contribution in [2.45, 2.75) is 57.9 Å². The second-order valence-electron chi connectivity index (χ2n) is 4.88. The van der Waals surface area contributed by atoms with Gasteiger partial charge in [0.05, 0.1) is 0 Å². The summed E-state index contributed by atoms with van der Waals surface area (Å²) in [4.78, 5) is 0. The summed E-state index contributed by atoms with van der Waals surface area (Å²) in [5.41, 5.74) is 0.252. The molecule has 2 heteroatoms. The smallest absolute Gasteiger partial charge is 0.0448 e. The van der Waals surface area contributed by atoms with Crippen molar-refractivity contribution in [2.75, 3.05) is 13.2 Å². The van der Waals surface area contributed by atoms with Crippen LogP contribution < -0.4 is 5.32 Å². The van der Waals surface area contributed by atoms with Crippen molar-refractivity contribution in [2.24, 2.45) is 5.92 Å². The standard InChI is InChI=1S/C12H25NO/c1-3-8-13-12(7-9-14)6-4-5-11(2)10-12/h11,13-14H,3-10H2,1-2H3. The Balaban J connectivity index is 2.50. The Morgan fingerprint density at radius 1 is 1.50 bits per heavy atom. The Hall–Kier alpha value is -0.0800. The van der Waals surface area contributed by atoms with Crippen LogP contribution in [-0.2, 0) is 0 Å². The summed E-state index contributed by atoms with van der Waals surface area (Å²) in [6, 6.07) is 0. The summed E-state index contributed by atoms with van der Waals surface area (Å²) < 4.78 is 0. The molecule has 2 nitrogen and oxygen atoms in total. The second kappa shape index (κ2) is 5.72. The van der Waals surface area contributed by atoms with Gasteiger partial charge in [0.1, 0.15) is 0 Å². The van der Waals surface area contributed by atoms with E-state index in [4.69, 9.17) is 5.11 Å². The van der Waals surface area contributed by atoms with Gasteiger partial charge in [0, 0.05) is 12.1 Å². The minimum atomic E-state index is 0.252. The van der Waals surface area contributed by atoms with Crippen LogP contribution in [0.5, 0.6) is 0 Å². The first-order valence-electron chi connectivity index (χ1n) is 6.08. The molecule has 2 N–H and O–H groups in total. The second-order valence-corrected chi connectivity index (χ2v) is 4.88. The van der Waals surface area contributed by atoms with E-state index in [0.717, 1.165) is 18.9 Å². The van der Waals surface area contributed by atoms with Crippen LogP contribution >= 0.6 is 0 Å². The average Bonchev–Trinajstić information content (AvgIpc) is 2.15. The zero-order chi connectivity index (χ0) is 10.4. The Kier molecular flexibility index (Phi) is 4.90. The Bertz CT molecular complexity index is 156. The van der Waals surface area contributed by atoms with Crippen LogP contribution in [0.2, 0.25) is 0 Å². The molecule has 0 heterocycles. The average molecular weight is 199 g/mol. The minimum absolute atomic E-state index is 0.252. The normalized spacial score (nSPS) is 33.2. The Labute approximate surface area is 88.1 Å². The van der Waals surface area contributed by atoms with Gasteiger partial charge in [0.25, 0.3) is 0 Å². The van der Waals surface area contributed by atoms with Gasteiger partial charge in [-0.3, -0.25) is 0 Å². The fourth-order valence-electron chi connectivity index (χ4n) is 2.74. The molecular weight excluding hydrogens is 174 g/mol. The van der Waals surface area contributed by atoms with Crippen molar-refractivity contribution in [1.29, 1.82) is 0 Å². The number of aliphatic hydroxyl groups excluding tert-OH is 1. The van der Waals surface area contributed by atoms with Gasteiger partial charge in [-0.1, -0.05) is 26.7 Å². The molecule has 0 bridgehead atoms. The predicted molar refractivity (Wildman–Crippen MR) is 60.4 cm³/mol. The molecule has 14 heavy (non-hydrogen) atoms. The van der Waals surface area contributed by atoms with Gasteiger partial charge >= 0.3 is 0 Å². The summed E-state index contributed by atoms with van der Waals surface area (Å²) in [6.45, 7) is 5.95. The van der Waals surface area contributed by atoms with E-state index in [0.29, 0.717) is 6.61 Å². The van der Waals surface area contributed by atoms with Gasteiger partial charge in [0.2, 0.25) is 0 Å². The van der Waals surface area contributed by atoms with Crippen LogP contribution in [0.1, 0.15) is 52.4 Å². The largest absolute Gasteiger partial charge is 0.396 e. The first-order valence-corrected chi connectivity index (χ1v) is 6.08. The SMILES string of the molecule is CCCNC1(CCO)CCCC(C)C1. The van der Waals surface area contributed by atoms with Crippen LogP contribution in [0, 0.1) is 5.92 Å². The first kappa shape index (κ1) is 12.0. The van der Waals surface area contributed by atoms with Crippen molar-refractivity contribution in [3.63, 3.8) is 0 Å². The third-order valence-corrected chi connectivity index (χ3v) is 3.43. The van der Waals surface area contributed by atoms with Crippen molar-refractivity contribution in [3.8, 4) is 0 Å². The maximum absolute atomic E-state index is 9.13. The molecule has 0 spiro atoms. The summed E-state index contributed by atoms with van der Waals surface area (Å²) in [6.07, 6.45) is 7.28. The highest BCUT2D eigenvalue weighted by Crippen LogP contribution is 2.34. The molecule has 1 saturated carbocycles. The molecule has 2 unspecified atom stereocenters. The number of nitrogens with one attached hydrogen (secondary N) is 1. The predicted octanol–water partition coefficient (Wildman–Crippen LogP) is 2.32. The number of rotatable bonds is 5. The van der Waals surface area contributed by atoms with E-state index in [9.17, 15) is 0 Å². The zero-order valence-electron chi connectivity index (χ0n) is 9.68. The van der Waals surface area contributed by atoms with Gasteiger partial charge in [-0.2, -0.15) is 0 Å². The Morgan fingerprint density at radius 3 is 2.86 bits per heavy atom. The lowest BCUT2D eigenvalue weighted by molar-refractivity contribution is 0.140. The fourth-order valence-corrected chi connectivity index (χ4v) is 2.74. The van der Waals surface area contributed by atoms with E-state index in [1.54, 1.807) is 0 Å². The van der Waals surface area contributed by atoms with E-state index < -0.39 is 0 Å². The lowest BCUT2D eigenvalue weighted by atomic mass is 9.74. The molecule has 0 saturated heterocycles. The zero-order valence-corrected chi connectivity index (χ0v) is 9.68. The quantitative estimate of drug-likeness (QED) is 0.712. The van der Waals surface area contributed by atoms with Gasteiger partial charge in [0.15, 0.2) is 0 Å². The lowest BCUT2D eigenvalue weighted by Gasteiger charge is -2.41. The lowest BCUT2D eigenvalue weighted by Crippen LogP contribution is -2.49. The molecule has 0 amide bonds. The van der Waals surface area contributed by atoms with E-state index in [1.165, 1.54) is 32.1 Å². The molecule has 1 aliphatic rings. The monoisotopic (exact) mass is 199 g/mol. The molecule has 0 aromatic rings. The molecule has 0 aliphatic heterocycles. The van der Waals surface area contributed by atoms with Crippen LogP contribution in [0.25, 0.3) is 0 Å². The molecule has 0 aromatic carbocycles. The summed E-state index contributed by atoms with van der Waals surface area (Å²) in [7, 11) is 0. The highest BCUT2D eigenvalue weighted by atomic mass is 16.3. The van der Waals surface area contributed by atoms with Gasteiger partial charge < -0.3 is 10.4 Å². The maximum Gasteiger partial charge on any atom is 0.0448 e. The molecule has 1 fully saturated rings. The van der Waals surface area contributed by atoms with E-state index in [1.807, 2.05) is 0 Å². The van der Waals surface area contributed by atoms with Crippen molar-refractivity contribution in [3.05, 3.63) is 0 Å². The molecule has 1 rings (SSSR count). The van der Waals surface area contributed by atoms with Crippen LogP contribution in [0.4, 0.5) is 0 Å². The van der Waals surface area contributed by atoms with Crippen LogP contribution in [0.15, 0.2) is 0 Å². The molecule has 84 valence electrons. The van der Waals surface area contributed by atoms with Crippen molar-refractivity contribution in [1.82, 2.24) is 5.32 Å². The number of hydrogen-bond donors (Lipinski definition) is 2. The van der Waals surface area contributed by atoms with Crippen molar-refractivity contribution >= 4 is 0 Å². The summed E-state index contributed by atoms with van der Waals surface area (Å²) in [5, 5.41) is 12.8. The number of hydrogen-bond acceptors (Lipinski definition) is 2. The van der Waals surface area contributed by atoms with E-state index in [2.05, 4.69) is 19.2 Å². The van der Waals surface area contributed by atoms with Gasteiger partial charge in [-0.05, 0) is 38.1 Å². The maximum atomic E-state index is 9.13. The molecular formula is C12H25NO. The van der Waals surface area contributed by atoms with E-state index >= 15 is 0 Å². The third kappa shape index (κ3) is 3.25. The molecule has 0 aromatic heterocycles. The first-order chi connectivity index (χ1) is 6.72. The summed E-state index contributed by atoms with van der Waals surface area (Å²) in [5.74, 6) is 0.819. The third-order valence-electron chi connectivity index (χ3n) is 3.43. The fraction of sp³-hybridized carbons (Fsp3) is 1.00.